The highest BCUT2D eigenvalue weighted by atomic mass is 16.7. The molecular formula is C33H46O6. The van der Waals surface area contributed by atoms with E-state index in [1.54, 1.807) is 0 Å². The zero-order chi connectivity index (χ0) is 27.0. The lowest BCUT2D eigenvalue weighted by atomic mass is 9.50. The van der Waals surface area contributed by atoms with E-state index in [9.17, 15) is 5.11 Å². The lowest BCUT2D eigenvalue weighted by molar-refractivity contribution is -0.208. The Balaban J connectivity index is 1.30. The van der Waals surface area contributed by atoms with Crippen LogP contribution < -0.4 is 0 Å². The number of aliphatic hydroxyl groups is 1. The molecule has 5 fully saturated rings. The van der Waals surface area contributed by atoms with Crippen molar-refractivity contribution in [2.45, 2.75) is 101 Å². The maximum atomic E-state index is 12.2. The summed E-state index contributed by atoms with van der Waals surface area (Å²) in [5.41, 5.74) is 4.56. The fraction of sp³-hybridized carbons (Fsp3) is 0.758. The van der Waals surface area contributed by atoms with E-state index in [4.69, 9.17) is 23.7 Å². The van der Waals surface area contributed by atoms with E-state index in [2.05, 4.69) is 31.2 Å². The second-order valence-corrected chi connectivity index (χ2v) is 13.3. The first-order valence-corrected chi connectivity index (χ1v) is 15.4. The fourth-order valence-corrected chi connectivity index (χ4v) is 10.1. The molecular weight excluding hydrogens is 492 g/mol. The van der Waals surface area contributed by atoms with Crippen molar-refractivity contribution in [3.8, 4) is 0 Å². The van der Waals surface area contributed by atoms with Crippen LogP contribution in [0.5, 0.6) is 0 Å². The zero-order valence-electron chi connectivity index (χ0n) is 24.2. The van der Waals surface area contributed by atoms with Gasteiger partial charge < -0.3 is 28.8 Å². The average Bonchev–Trinajstić information content (AvgIpc) is 3.40. The number of benzene rings is 1. The standard InChI is InChI=1S/C33H46O6/c1-5-36-29(37-6-2)22-9-7-21(8-10-22)25-19-30(3)27(17-23-18-33(23,30)35-4)24-11-13-31(34)20-32(38-15-16-39-32)14-12-26(31)28(24)25/h7-10,23-25,27,29,34H,5-6,11-20H2,1-4H3/t23-,24-,25+,27-,30-,31+,33-/m0/s1. The maximum absolute atomic E-state index is 12.2. The molecule has 7 rings (SSSR count). The van der Waals surface area contributed by atoms with E-state index in [0.717, 1.165) is 37.7 Å². The summed E-state index contributed by atoms with van der Waals surface area (Å²) in [6.45, 7) is 9.02. The van der Waals surface area contributed by atoms with E-state index in [-0.39, 0.29) is 23.2 Å². The number of allylic oxidation sites excluding steroid dienone is 1. The third-order valence-corrected chi connectivity index (χ3v) is 11.8. The molecule has 6 heteroatoms. The van der Waals surface area contributed by atoms with Crippen LogP contribution in [0.15, 0.2) is 35.4 Å². The SMILES string of the molecule is CCOC(OCC)c1ccc([C@H]2C[C@@]3(C)[C@@H](C[C@H]4C[C@]43OC)[C@@H]3CC[C@@]4(O)CC5(CCC4=C32)OCCO5)cc1. The number of hydrogen-bond donors (Lipinski definition) is 1. The van der Waals surface area contributed by atoms with Crippen LogP contribution in [0.3, 0.4) is 0 Å². The average molecular weight is 539 g/mol. The second-order valence-electron chi connectivity index (χ2n) is 13.3. The van der Waals surface area contributed by atoms with Crippen molar-refractivity contribution in [1.82, 2.24) is 0 Å². The van der Waals surface area contributed by atoms with Crippen molar-refractivity contribution in [1.29, 1.82) is 0 Å². The summed E-state index contributed by atoms with van der Waals surface area (Å²) in [5.74, 6) is 1.47. The molecule has 1 N–H and O–H groups in total. The minimum Gasteiger partial charge on any atom is -0.385 e. The Labute approximate surface area is 233 Å². The summed E-state index contributed by atoms with van der Waals surface area (Å²) < 4.78 is 30.4. The molecule has 0 amide bonds. The lowest BCUT2D eigenvalue weighted by Crippen LogP contribution is -2.54. The fourth-order valence-electron chi connectivity index (χ4n) is 10.1. The summed E-state index contributed by atoms with van der Waals surface area (Å²) in [6, 6.07) is 8.95. The molecule has 0 unspecified atom stereocenters. The van der Waals surface area contributed by atoms with E-state index >= 15 is 0 Å². The van der Waals surface area contributed by atoms with Crippen molar-refractivity contribution >= 4 is 0 Å². The zero-order valence-corrected chi connectivity index (χ0v) is 24.2. The Morgan fingerprint density at radius 3 is 2.41 bits per heavy atom. The second kappa shape index (κ2) is 9.37. The van der Waals surface area contributed by atoms with Crippen LogP contribution in [0.1, 0.15) is 95.5 Å². The van der Waals surface area contributed by atoms with Crippen molar-refractivity contribution in [2.24, 2.45) is 23.2 Å². The molecule has 7 atom stereocenters. The van der Waals surface area contributed by atoms with Crippen LogP contribution in [-0.2, 0) is 23.7 Å². The molecule has 6 nitrogen and oxygen atoms in total. The predicted molar refractivity (Wildman–Crippen MR) is 147 cm³/mol. The van der Waals surface area contributed by atoms with Crippen LogP contribution >= 0.6 is 0 Å². The number of ether oxygens (including phenoxy) is 5. The molecule has 0 bridgehead atoms. The summed E-state index contributed by atoms with van der Waals surface area (Å²) in [6.07, 6.45) is 7.29. The lowest BCUT2D eigenvalue weighted by Gasteiger charge is -2.57. The topological polar surface area (TPSA) is 66.4 Å². The van der Waals surface area contributed by atoms with Gasteiger partial charge in [0.1, 0.15) is 0 Å². The van der Waals surface area contributed by atoms with Gasteiger partial charge >= 0.3 is 0 Å². The molecule has 1 aliphatic heterocycles. The Morgan fingerprint density at radius 2 is 1.74 bits per heavy atom. The maximum Gasteiger partial charge on any atom is 0.183 e. The first-order chi connectivity index (χ1) is 18.8. The monoisotopic (exact) mass is 538 g/mol. The Bertz CT molecular complexity index is 1110. The molecule has 39 heavy (non-hydrogen) atoms. The first-order valence-electron chi connectivity index (χ1n) is 15.4. The highest BCUT2D eigenvalue weighted by Gasteiger charge is 2.76. The third-order valence-electron chi connectivity index (χ3n) is 11.8. The first kappa shape index (κ1) is 26.6. The van der Waals surface area contributed by atoms with Gasteiger partial charge in [-0.2, -0.15) is 0 Å². The number of methoxy groups -OCH3 is 1. The number of hydrogen-bond acceptors (Lipinski definition) is 6. The molecule has 1 heterocycles. The Hall–Kier alpha value is -1.28. The minimum atomic E-state index is -0.837. The molecule has 0 radical (unpaired) electrons. The summed E-state index contributed by atoms with van der Waals surface area (Å²) in [7, 11) is 1.94. The normalized spacial score (nSPS) is 41.9. The molecule has 5 aliphatic carbocycles. The van der Waals surface area contributed by atoms with Gasteiger partial charge in [-0.1, -0.05) is 36.8 Å². The van der Waals surface area contributed by atoms with Gasteiger partial charge in [-0.05, 0) is 81.3 Å². The van der Waals surface area contributed by atoms with Crippen molar-refractivity contribution in [3.05, 3.63) is 46.5 Å². The van der Waals surface area contributed by atoms with Gasteiger partial charge in [0.25, 0.3) is 0 Å². The van der Waals surface area contributed by atoms with Crippen LogP contribution in [0.4, 0.5) is 0 Å². The summed E-state index contributed by atoms with van der Waals surface area (Å²) >= 11 is 0. The van der Waals surface area contributed by atoms with Gasteiger partial charge in [0, 0.05) is 50.1 Å². The predicted octanol–water partition coefficient (Wildman–Crippen LogP) is 6.04. The molecule has 4 saturated carbocycles. The smallest absolute Gasteiger partial charge is 0.183 e. The van der Waals surface area contributed by atoms with E-state index in [1.165, 1.54) is 29.6 Å². The third kappa shape index (κ3) is 3.81. The summed E-state index contributed by atoms with van der Waals surface area (Å²) in [4.78, 5) is 0. The van der Waals surface area contributed by atoms with Crippen LogP contribution in [-0.4, -0.2) is 55.6 Å². The highest BCUT2D eigenvalue weighted by Crippen LogP contribution is 2.77. The molecule has 6 aliphatic rings. The quantitative estimate of drug-likeness (QED) is 0.337. The van der Waals surface area contributed by atoms with Gasteiger partial charge in [-0.3, -0.25) is 0 Å². The van der Waals surface area contributed by atoms with Gasteiger partial charge in [0.2, 0.25) is 0 Å². The molecule has 0 aromatic heterocycles. The van der Waals surface area contributed by atoms with Gasteiger partial charge in [0.05, 0.1) is 24.4 Å². The van der Waals surface area contributed by atoms with Crippen molar-refractivity contribution in [2.75, 3.05) is 33.5 Å². The Morgan fingerprint density at radius 1 is 1.03 bits per heavy atom. The molecule has 1 saturated heterocycles. The summed E-state index contributed by atoms with van der Waals surface area (Å²) in [5, 5.41) is 12.2. The van der Waals surface area contributed by atoms with Gasteiger partial charge in [-0.25, -0.2) is 0 Å². The minimum absolute atomic E-state index is 0.0248. The number of rotatable bonds is 7. The molecule has 1 spiro atoms. The van der Waals surface area contributed by atoms with Crippen molar-refractivity contribution < 1.29 is 28.8 Å². The van der Waals surface area contributed by atoms with Crippen LogP contribution in [0.2, 0.25) is 0 Å². The Kier molecular flexibility index (Phi) is 6.39. The van der Waals surface area contributed by atoms with Gasteiger partial charge in [-0.15, -0.1) is 0 Å². The van der Waals surface area contributed by atoms with Gasteiger partial charge in [0.15, 0.2) is 12.1 Å². The van der Waals surface area contributed by atoms with E-state index in [0.29, 0.717) is 50.6 Å². The van der Waals surface area contributed by atoms with Crippen LogP contribution in [0, 0.1) is 23.2 Å². The molecule has 1 aromatic rings. The van der Waals surface area contributed by atoms with Crippen molar-refractivity contribution in [3.63, 3.8) is 0 Å². The molecule has 214 valence electrons. The van der Waals surface area contributed by atoms with E-state index in [1.807, 2.05) is 21.0 Å². The van der Waals surface area contributed by atoms with Crippen LogP contribution in [0.25, 0.3) is 0 Å². The largest absolute Gasteiger partial charge is 0.385 e. The number of fused-ring (bicyclic) bond motifs is 6. The molecule has 1 aromatic carbocycles. The highest BCUT2D eigenvalue weighted by molar-refractivity contribution is 5.45. The van der Waals surface area contributed by atoms with E-state index < -0.39 is 11.4 Å².